The zero-order chi connectivity index (χ0) is 23.8. The van der Waals surface area contributed by atoms with E-state index in [0.29, 0.717) is 30.7 Å². The molecule has 3 rings (SSSR count). The fraction of sp³-hybridized carbons (Fsp3) is 0.143. The number of hydrogen-bond acceptors (Lipinski definition) is 4. The molecule has 0 radical (unpaired) electrons. The highest BCUT2D eigenvalue weighted by atomic mass is 79.9. The van der Waals surface area contributed by atoms with E-state index in [2.05, 4.69) is 95.6 Å². The van der Waals surface area contributed by atoms with Crippen LogP contribution in [0.2, 0.25) is 0 Å². The quantitative estimate of drug-likeness (QED) is 0.232. The molecule has 4 nitrogen and oxygen atoms in total. The SMILES string of the molecule is Cc1cc(Br)c(OP(=O)(Oc2cc(Br)c(C)cc2Br)Oc2cc(Br)c(C)cc2Br)cc1Br. The van der Waals surface area contributed by atoms with E-state index in [9.17, 15) is 4.57 Å². The van der Waals surface area contributed by atoms with Gasteiger partial charge in [0.2, 0.25) is 0 Å². The average Bonchev–Trinajstić information content (AvgIpc) is 2.68. The Morgan fingerprint density at radius 3 is 1.00 bits per heavy atom. The molecule has 0 N–H and O–H groups in total. The van der Waals surface area contributed by atoms with Gasteiger partial charge in [-0.2, -0.15) is 4.57 Å². The minimum Gasteiger partial charge on any atom is -0.385 e. The van der Waals surface area contributed by atoms with Crippen molar-refractivity contribution >= 4 is 103 Å². The Labute approximate surface area is 237 Å². The Bertz CT molecular complexity index is 1100. The Hall–Kier alpha value is 0.170. The second kappa shape index (κ2) is 10.8. The van der Waals surface area contributed by atoms with Gasteiger partial charge in [0.1, 0.15) is 17.2 Å². The first-order valence-corrected chi connectivity index (χ1v) is 15.2. The molecule has 0 saturated carbocycles. The molecule has 0 bridgehead atoms. The number of rotatable bonds is 6. The lowest BCUT2D eigenvalue weighted by Crippen LogP contribution is -2.09. The van der Waals surface area contributed by atoms with Crippen LogP contribution in [0.15, 0.2) is 63.2 Å². The minimum atomic E-state index is -4.22. The Morgan fingerprint density at radius 1 is 0.500 bits per heavy atom. The highest BCUT2D eigenvalue weighted by Gasteiger charge is 2.36. The zero-order valence-electron chi connectivity index (χ0n) is 16.8. The predicted octanol–water partition coefficient (Wildman–Crippen LogP) is 10.8. The topological polar surface area (TPSA) is 44.8 Å². The maximum atomic E-state index is 14.0. The summed E-state index contributed by atoms with van der Waals surface area (Å²) < 4.78 is 35.9. The van der Waals surface area contributed by atoms with Gasteiger partial charge >= 0.3 is 7.82 Å². The first-order valence-electron chi connectivity index (χ1n) is 8.94. The summed E-state index contributed by atoms with van der Waals surface area (Å²) in [7, 11) is -4.22. The number of phosphoric acid groups is 1. The Balaban J connectivity index is 2.08. The molecule has 0 aliphatic rings. The number of benzene rings is 3. The molecule has 0 saturated heterocycles. The van der Waals surface area contributed by atoms with Crippen LogP contribution in [0.25, 0.3) is 0 Å². The van der Waals surface area contributed by atoms with E-state index in [1.54, 1.807) is 18.2 Å². The van der Waals surface area contributed by atoms with Crippen molar-refractivity contribution in [1.82, 2.24) is 0 Å². The number of aryl methyl sites for hydroxylation is 3. The van der Waals surface area contributed by atoms with E-state index in [0.717, 1.165) is 30.1 Å². The lowest BCUT2D eigenvalue weighted by molar-refractivity contribution is 0.296. The lowest BCUT2D eigenvalue weighted by Gasteiger charge is -2.22. The van der Waals surface area contributed by atoms with Crippen LogP contribution in [0.4, 0.5) is 0 Å². The molecule has 170 valence electrons. The summed E-state index contributed by atoms with van der Waals surface area (Å²) in [6.45, 7) is 5.81. The summed E-state index contributed by atoms with van der Waals surface area (Å²) in [5, 5.41) is 0. The van der Waals surface area contributed by atoms with Gasteiger partial charge in [0.05, 0.1) is 13.4 Å². The molecule has 0 aliphatic carbocycles. The number of halogens is 6. The summed E-state index contributed by atoms with van der Waals surface area (Å²) in [5.41, 5.74) is 2.95. The maximum Gasteiger partial charge on any atom is 0.647 e. The largest absolute Gasteiger partial charge is 0.647 e. The van der Waals surface area contributed by atoms with E-state index < -0.39 is 7.82 Å². The van der Waals surface area contributed by atoms with Gasteiger partial charge in [-0.15, -0.1) is 0 Å². The highest BCUT2D eigenvalue weighted by molar-refractivity contribution is 9.11. The molecule has 0 amide bonds. The first kappa shape index (κ1) is 26.8. The molecule has 0 atom stereocenters. The van der Waals surface area contributed by atoms with Crippen molar-refractivity contribution in [3.63, 3.8) is 0 Å². The summed E-state index contributed by atoms with van der Waals surface area (Å²) in [6.07, 6.45) is 0. The van der Waals surface area contributed by atoms with Crippen molar-refractivity contribution in [3.05, 3.63) is 79.9 Å². The van der Waals surface area contributed by atoms with Crippen LogP contribution in [0.5, 0.6) is 17.2 Å². The summed E-state index contributed by atoms with van der Waals surface area (Å²) >= 11 is 20.8. The first-order chi connectivity index (χ1) is 14.9. The van der Waals surface area contributed by atoms with Crippen LogP contribution >= 0.6 is 103 Å². The van der Waals surface area contributed by atoms with Gasteiger partial charge in [-0.1, -0.05) is 47.8 Å². The third-order valence-electron chi connectivity index (χ3n) is 4.27. The fourth-order valence-electron chi connectivity index (χ4n) is 2.51. The van der Waals surface area contributed by atoms with Crippen molar-refractivity contribution in [2.45, 2.75) is 20.8 Å². The molecule has 0 aromatic heterocycles. The molecule has 3 aromatic rings. The molecule has 3 aromatic carbocycles. The normalized spacial score (nSPS) is 11.4. The second-order valence-electron chi connectivity index (χ2n) is 6.82. The molecule has 32 heavy (non-hydrogen) atoms. The third-order valence-corrected chi connectivity index (χ3v) is 9.95. The van der Waals surface area contributed by atoms with Crippen LogP contribution in [0, 0.1) is 20.8 Å². The maximum absolute atomic E-state index is 14.0. The van der Waals surface area contributed by atoms with E-state index in [4.69, 9.17) is 13.6 Å². The van der Waals surface area contributed by atoms with Gasteiger partial charge in [0.15, 0.2) is 0 Å². The van der Waals surface area contributed by atoms with E-state index >= 15 is 0 Å². The van der Waals surface area contributed by atoms with Crippen molar-refractivity contribution in [2.24, 2.45) is 0 Å². The van der Waals surface area contributed by atoms with E-state index in [-0.39, 0.29) is 0 Å². The van der Waals surface area contributed by atoms with Crippen LogP contribution in [-0.2, 0) is 4.57 Å². The van der Waals surface area contributed by atoms with Gasteiger partial charge in [-0.3, -0.25) is 0 Å². The summed E-state index contributed by atoms with van der Waals surface area (Å²) in [5.74, 6) is 0.904. The van der Waals surface area contributed by atoms with Crippen molar-refractivity contribution in [2.75, 3.05) is 0 Å². The molecule has 0 heterocycles. The van der Waals surface area contributed by atoms with Gasteiger partial charge in [0, 0.05) is 13.4 Å². The molecule has 0 spiro atoms. The van der Waals surface area contributed by atoms with Gasteiger partial charge in [-0.05, 0) is 122 Å². The number of hydrogen-bond donors (Lipinski definition) is 0. The molecule has 11 heteroatoms. The number of phosphoric ester groups is 1. The molecular weight excluding hydrogens is 827 g/mol. The van der Waals surface area contributed by atoms with Gasteiger partial charge in [0.25, 0.3) is 0 Å². The van der Waals surface area contributed by atoms with Crippen molar-refractivity contribution in [3.8, 4) is 17.2 Å². The van der Waals surface area contributed by atoms with Crippen LogP contribution < -0.4 is 13.6 Å². The van der Waals surface area contributed by atoms with Crippen LogP contribution in [-0.4, -0.2) is 0 Å². The average molecular weight is 842 g/mol. The predicted molar refractivity (Wildman–Crippen MR) is 149 cm³/mol. The van der Waals surface area contributed by atoms with Gasteiger partial charge < -0.3 is 13.6 Å². The van der Waals surface area contributed by atoms with E-state index in [1.807, 2.05) is 39.0 Å². The van der Waals surface area contributed by atoms with Crippen LogP contribution in [0.3, 0.4) is 0 Å². The third kappa shape index (κ3) is 6.43. The molecular formula is C21H15Br6O4P. The van der Waals surface area contributed by atoms with Crippen molar-refractivity contribution in [1.29, 1.82) is 0 Å². The summed E-state index contributed by atoms with van der Waals surface area (Å²) in [4.78, 5) is 0. The monoisotopic (exact) mass is 836 g/mol. The second-order valence-corrected chi connectivity index (χ2v) is 13.4. The van der Waals surface area contributed by atoms with E-state index in [1.165, 1.54) is 0 Å². The van der Waals surface area contributed by atoms with Gasteiger partial charge in [-0.25, -0.2) is 0 Å². The molecule has 0 aliphatic heterocycles. The fourth-order valence-corrected chi connectivity index (χ4v) is 6.76. The summed E-state index contributed by atoms with van der Waals surface area (Å²) in [6, 6.07) is 10.7. The smallest absolute Gasteiger partial charge is 0.385 e. The lowest BCUT2D eigenvalue weighted by atomic mass is 10.2. The van der Waals surface area contributed by atoms with Crippen molar-refractivity contribution < 1.29 is 18.1 Å². The van der Waals surface area contributed by atoms with Crippen LogP contribution in [0.1, 0.15) is 16.7 Å². The Morgan fingerprint density at radius 2 is 0.750 bits per heavy atom. The standard InChI is InChI=1S/C21H15Br6O4P/c1-10-4-16(25)19(7-13(10)22)29-32(28,30-20-8-14(23)11(2)5-17(20)26)31-21-9-15(24)12(3)6-18(21)27/h4-9H,1-3H3. The minimum absolute atomic E-state index is 0.301. The Kier molecular flexibility index (Phi) is 9.06. The zero-order valence-corrected chi connectivity index (χ0v) is 27.2. The molecule has 0 fully saturated rings. The highest BCUT2D eigenvalue weighted by Crippen LogP contribution is 2.54. The molecule has 0 unspecified atom stereocenters.